The topological polar surface area (TPSA) is 108 Å². The third-order valence-electron chi connectivity index (χ3n) is 7.36. The van der Waals surface area contributed by atoms with E-state index in [1.807, 2.05) is 30.3 Å². The molecule has 3 heterocycles. The van der Waals surface area contributed by atoms with E-state index >= 15 is 0 Å². The number of carbonyl (C=O) groups is 4. The lowest BCUT2D eigenvalue weighted by Crippen LogP contribution is -2.52. The third kappa shape index (κ3) is 6.06. The molecule has 5 rings (SSSR count). The van der Waals surface area contributed by atoms with Gasteiger partial charge < -0.3 is 15.0 Å². The second kappa shape index (κ2) is 11.6. The van der Waals surface area contributed by atoms with Gasteiger partial charge in [0.15, 0.2) is 0 Å². The van der Waals surface area contributed by atoms with Gasteiger partial charge in [0.2, 0.25) is 17.7 Å². The number of nitrogens with one attached hydrogen (secondary N) is 2. The van der Waals surface area contributed by atoms with Crippen LogP contribution in [-0.4, -0.2) is 72.3 Å². The molecule has 0 saturated carbocycles. The average molecular weight is 539 g/mol. The fourth-order valence-corrected chi connectivity index (χ4v) is 5.49. The molecule has 4 amide bonds. The number of hydrogen-bond donors (Lipinski definition) is 2. The monoisotopic (exact) mass is 538 g/mol. The van der Waals surface area contributed by atoms with Crippen molar-refractivity contribution < 1.29 is 23.9 Å². The number of morpholine rings is 1. The number of imide groups is 1. The van der Waals surface area contributed by atoms with Crippen LogP contribution in [0.5, 0.6) is 0 Å². The van der Waals surface area contributed by atoms with Crippen molar-refractivity contribution in [1.82, 2.24) is 20.4 Å². The highest BCUT2D eigenvalue weighted by Gasteiger charge is 2.39. The van der Waals surface area contributed by atoms with Gasteiger partial charge in [-0.2, -0.15) is 0 Å². The Hall–Kier alpha value is -3.27. The van der Waals surface area contributed by atoms with Crippen molar-refractivity contribution in [3.8, 4) is 0 Å². The smallest absolute Gasteiger partial charge is 0.255 e. The molecule has 3 aliphatic rings. The fourth-order valence-electron chi connectivity index (χ4n) is 5.19. The number of hydrogen-bond acceptors (Lipinski definition) is 6. The van der Waals surface area contributed by atoms with Crippen LogP contribution < -0.4 is 10.6 Å². The largest absolute Gasteiger partial charge is 0.379 e. The molecule has 0 aliphatic carbocycles. The lowest BCUT2D eigenvalue weighted by molar-refractivity contribution is -0.137. The Morgan fingerprint density at radius 3 is 2.63 bits per heavy atom. The number of ether oxygens (including phenoxy) is 1. The zero-order valence-corrected chi connectivity index (χ0v) is 21.9. The van der Waals surface area contributed by atoms with E-state index in [1.54, 1.807) is 6.07 Å². The molecule has 200 valence electrons. The number of amides is 4. The summed E-state index contributed by atoms with van der Waals surface area (Å²) in [4.78, 5) is 53.0. The highest BCUT2D eigenvalue weighted by Crippen LogP contribution is 2.28. The normalized spacial score (nSPS) is 19.9. The summed E-state index contributed by atoms with van der Waals surface area (Å²) in [5.41, 5.74) is 4.15. The van der Waals surface area contributed by atoms with E-state index < -0.39 is 11.9 Å². The van der Waals surface area contributed by atoms with E-state index in [4.69, 9.17) is 16.3 Å². The minimum absolute atomic E-state index is 0.121. The Balaban J connectivity index is 1.12. The molecular weight excluding hydrogens is 508 g/mol. The molecule has 0 spiro atoms. The molecule has 1 atom stereocenters. The summed E-state index contributed by atoms with van der Waals surface area (Å²) in [5, 5.41) is 5.92. The van der Waals surface area contributed by atoms with Gasteiger partial charge in [-0.1, -0.05) is 35.9 Å². The SMILES string of the molecule is O=C(Cc1ccc(CCN2CCOCC2)c(Cl)c1)NCc1ccc2c(c1)CN(C1CCC(=O)NC1=O)C2=O. The van der Waals surface area contributed by atoms with Crippen LogP contribution in [0.3, 0.4) is 0 Å². The summed E-state index contributed by atoms with van der Waals surface area (Å²) in [5.74, 6) is -1.07. The van der Waals surface area contributed by atoms with Crippen molar-refractivity contribution in [3.63, 3.8) is 0 Å². The molecule has 1 unspecified atom stereocenters. The lowest BCUT2D eigenvalue weighted by atomic mass is 10.0. The number of halogens is 1. The van der Waals surface area contributed by atoms with Gasteiger partial charge in [-0.15, -0.1) is 0 Å². The second-order valence-corrected chi connectivity index (χ2v) is 10.4. The van der Waals surface area contributed by atoms with Crippen LogP contribution in [-0.2, 0) is 45.1 Å². The van der Waals surface area contributed by atoms with Crippen molar-refractivity contribution in [1.29, 1.82) is 0 Å². The molecule has 2 aromatic rings. The third-order valence-corrected chi connectivity index (χ3v) is 7.71. The van der Waals surface area contributed by atoms with Gasteiger partial charge in [-0.3, -0.25) is 29.4 Å². The maximum absolute atomic E-state index is 12.8. The first-order chi connectivity index (χ1) is 18.4. The average Bonchev–Trinajstić information content (AvgIpc) is 3.23. The van der Waals surface area contributed by atoms with Gasteiger partial charge in [0.1, 0.15) is 6.04 Å². The summed E-state index contributed by atoms with van der Waals surface area (Å²) in [6.07, 6.45) is 1.62. The van der Waals surface area contributed by atoms with Crippen LogP contribution in [0.1, 0.15) is 45.5 Å². The van der Waals surface area contributed by atoms with Gasteiger partial charge in [0.05, 0.1) is 19.6 Å². The van der Waals surface area contributed by atoms with Crippen LogP contribution in [0.4, 0.5) is 0 Å². The molecule has 2 fully saturated rings. The van der Waals surface area contributed by atoms with E-state index in [0.717, 1.165) is 61.5 Å². The number of benzene rings is 2. The highest BCUT2D eigenvalue weighted by molar-refractivity contribution is 6.31. The molecule has 2 aromatic carbocycles. The van der Waals surface area contributed by atoms with Crippen LogP contribution in [0.2, 0.25) is 5.02 Å². The first-order valence-electron chi connectivity index (χ1n) is 13.0. The molecule has 38 heavy (non-hydrogen) atoms. The molecule has 0 bridgehead atoms. The maximum Gasteiger partial charge on any atom is 0.255 e. The minimum atomic E-state index is -0.645. The Morgan fingerprint density at radius 2 is 1.87 bits per heavy atom. The van der Waals surface area contributed by atoms with Gasteiger partial charge in [0, 0.05) is 49.7 Å². The standard InChI is InChI=1S/C28H31ClN4O5/c29-23-14-18(1-3-20(23)7-8-32-9-11-38-12-10-32)15-26(35)30-16-19-2-4-22-21(13-19)17-33(28(22)37)24-5-6-25(34)31-27(24)36/h1-4,13-14,24H,5-12,15-17H2,(H,30,35)(H,31,34,36). The summed E-state index contributed by atoms with van der Waals surface area (Å²) in [6.45, 7) is 4.98. The molecule has 2 N–H and O–H groups in total. The minimum Gasteiger partial charge on any atom is -0.379 e. The Kier molecular flexibility index (Phi) is 8.06. The van der Waals surface area contributed by atoms with Crippen molar-refractivity contribution in [2.75, 3.05) is 32.8 Å². The predicted molar refractivity (Wildman–Crippen MR) is 140 cm³/mol. The van der Waals surface area contributed by atoms with Gasteiger partial charge in [0.25, 0.3) is 5.91 Å². The zero-order valence-electron chi connectivity index (χ0n) is 21.1. The Bertz CT molecular complexity index is 1260. The molecule has 0 radical (unpaired) electrons. The molecular formula is C28H31ClN4O5. The Labute approximate surface area is 226 Å². The maximum atomic E-state index is 12.8. The van der Waals surface area contributed by atoms with Crippen LogP contribution >= 0.6 is 11.6 Å². The molecule has 9 nitrogen and oxygen atoms in total. The number of piperidine rings is 1. The van der Waals surface area contributed by atoms with Crippen LogP contribution in [0.25, 0.3) is 0 Å². The predicted octanol–water partition coefficient (Wildman–Crippen LogP) is 1.83. The summed E-state index contributed by atoms with van der Waals surface area (Å²) >= 11 is 6.51. The lowest BCUT2D eigenvalue weighted by Gasteiger charge is -2.29. The quantitative estimate of drug-likeness (QED) is 0.497. The van der Waals surface area contributed by atoms with Gasteiger partial charge in [-0.05, 0) is 47.2 Å². The summed E-state index contributed by atoms with van der Waals surface area (Å²) < 4.78 is 5.39. The van der Waals surface area contributed by atoms with E-state index in [2.05, 4.69) is 15.5 Å². The number of fused-ring (bicyclic) bond motifs is 1. The van der Waals surface area contributed by atoms with E-state index in [1.165, 1.54) is 4.90 Å². The molecule has 2 saturated heterocycles. The van der Waals surface area contributed by atoms with Crippen LogP contribution in [0.15, 0.2) is 36.4 Å². The molecule has 10 heteroatoms. The zero-order chi connectivity index (χ0) is 26.6. The van der Waals surface area contributed by atoms with Gasteiger partial charge in [-0.25, -0.2) is 0 Å². The van der Waals surface area contributed by atoms with Crippen molar-refractivity contribution in [2.45, 2.75) is 44.8 Å². The van der Waals surface area contributed by atoms with Crippen molar-refractivity contribution in [3.05, 3.63) is 69.2 Å². The second-order valence-electron chi connectivity index (χ2n) is 9.97. The number of nitrogens with zero attached hydrogens (tertiary/aromatic N) is 2. The van der Waals surface area contributed by atoms with Crippen LogP contribution in [0, 0.1) is 0 Å². The number of rotatable bonds is 8. The van der Waals surface area contributed by atoms with Crippen molar-refractivity contribution in [2.24, 2.45) is 0 Å². The van der Waals surface area contributed by atoms with E-state index in [9.17, 15) is 19.2 Å². The molecule has 3 aliphatic heterocycles. The van der Waals surface area contributed by atoms with Crippen molar-refractivity contribution >= 4 is 35.2 Å². The molecule has 0 aromatic heterocycles. The number of carbonyl (C=O) groups excluding carboxylic acids is 4. The summed E-state index contributed by atoms with van der Waals surface area (Å²) in [7, 11) is 0. The van der Waals surface area contributed by atoms with E-state index in [-0.39, 0.29) is 30.6 Å². The van der Waals surface area contributed by atoms with E-state index in [0.29, 0.717) is 30.1 Å². The Morgan fingerprint density at radius 1 is 1.08 bits per heavy atom. The fraction of sp³-hybridized carbons (Fsp3) is 0.429. The van der Waals surface area contributed by atoms with Gasteiger partial charge >= 0.3 is 0 Å². The first-order valence-corrected chi connectivity index (χ1v) is 13.4. The highest BCUT2D eigenvalue weighted by atomic mass is 35.5. The first kappa shape index (κ1) is 26.3. The summed E-state index contributed by atoms with van der Waals surface area (Å²) in [6, 6.07) is 10.6.